The van der Waals surface area contributed by atoms with Gasteiger partial charge >= 0.3 is 11.9 Å². The van der Waals surface area contributed by atoms with Gasteiger partial charge < -0.3 is 29.9 Å². The molecule has 0 unspecified atom stereocenters. The first kappa shape index (κ1) is 51.7. The molecule has 70 heavy (non-hydrogen) atoms. The highest BCUT2D eigenvalue weighted by Gasteiger charge is 2.72. The molecule has 8 heteroatoms. The molecule has 10 rings (SSSR count). The van der Waals surface area contributed by atoms with E-state index in [0.29, 0.717) is 11.8 Å². The van der Waals surface area contributed by atoms with E-state index in [2.05, 4.69) is 95.2 Å². The number of allylic oxidation sites excluding steroid dienone is 4. The lowest BCUT2D eigenvalue weighted by Gasteiger charge is -2.71. The highest BCUT2D eigenvalue weighted by molar-refractivity contribution is 5.80. The molecule has 18 atom stereocenters. The Morgan fingerprint density at radius 1 is 0.486 bits per heavy atom. The van der Waals surface area contributed by atoms with Gasteiger partial charge in [0.2, 0.25) is 0 Å². The maximum absolute atomic E-state index is 15.0. The van der Waals surface area contributed by atoms with Crippen molar-refractivity contribution >= 4 is 11.9 Å². The molecule has 0 aromatic heterocycles. The molecule has 4 N–H and O–H groups in total. The summed E-state index contributed by atoms with van der Waals surface area (Å²) in [5, 5.41) is 44.0. The molecular weight excluding hydrogens is 873 g/mol. The van der Waals surface area contributed by atoms with Gasteiger partial charge in [0, 0.05) is 10.8 Å². The fourth-order valence-corrected chi connectivity index (χ4v) is 21.8. The van der Waals surface area contributed by atoms with E-state index in [1.54, 1.807) is 0 Å². The second kappa shape index (κ2) is 16.4. The van der Waals surface area contributed by atoms with Gasteiger partial charge in [-0.05, 0) is 207 Å². The minimum Gasteiger partial charge on any atom is -0.462 e. The number of fused-ring (bicyclic) bond motifs is 14. The lowest BCUT2D eigenvalue weighted by molar-refractivity contribution is -0.217. The lowest BCUT2D eigenvalue weighted by atomic mass is 9.33. The van der Waals surface area contributed by atoms with Crippen LogP contribution < -0.4 is 0 Å². The highest BCUT2D eigenvalue weighted by atomic mass is 16.6. The van der Waals surface area contributed by atoms with E-state index in [0.717, 1.165) is 128 Å². The van der Waals surface area contributed by atoms with Gasteiger partial charge in [0.25, 0.3) is 0 Å². The quantitative estimate of drug-likeness (QED) is 0.113. The minimum absolute atomic E-state index is 0.0215. The molecule has 0 aromatic rings. The van der Waals surface area contributed by atoms with Crippen molar-refractivity contribution in [1.29, 1.82) is 0 Å². The van der Waals surface area contributed by atoms with Gasteiger partial charge in [-0.1, -0.05) is 106 Å². The fraction of sp³-hybridized carbons (Fsp3) is 0.903. The first-order chi connectivity index (χ1) is 32.6. The second-order valence-electron chi connectivity index (χ2n) is 30.5. The summed E-state index contributed by atoms with van der Waals surface area (Å²) in [6.45, 7) is 29.2. The molecule has 0 aliphatic heterocycles. The van der Waals surface area contributed by atoms with Crippen molar-refractivity contribution in [1.82, 2.24) is 0 Å². The van der Waals surface area contributed by atoms with Crippen LogP contribution in [0.1, 0.15) is 212 Å². The number of esters is 2. The first-order valence-corrected chi connectivity index (χ1v) is 28.9. The second-order valence-corrected chi connectivity index (χ2v) is 30.5. The summed E-state index contributed by atoms with van der Waals surface area (Å²) in [6.07, 6.45) is 22.9. The fourth-order valence-electron chi connectivity index (χ4n) is 21.8. The Morgan fingerprint density at radius 3 is 1.20 bits per heavy atom. The molecule has 0 saturated heterocycles. The van der Waals surface area contributed by atoms with E-state index in [9.17, 15) is 30.0 Å². The number of rotatable bonds is 7. The maximum Gasteiger partial charge on any atom is 0.312 e. The third-order valence-corrected chi connectivity index (χ3v) is 26.9. The third-order valence-electron chi connectivity index (χ3n) is 26.9. The normalized spacial score (nSPS) is 53.0. The zero-order valence-electron chi connectivity index (χ0n) is 46.2. The number of carbonyl (C=O) groups excluding carboxylic acids is 2. The molecule has 10 aliphatic carbocycles. The average Bonchev–Trinajstić information content (AvgIpc) is 3.30. The molecule has 8 saturated carbocycles. The summed E-state index contributed by atoms with van der Waals surface area (Å²) < 4.78 is 12.8. The molecule has 0 bridgehead atoms. The minimum atomic E-state index is -0.585. The predicted octanol–water partition coefficient (Wildman–Crippen LogP) is 12.3. The largest absolute Gasteiger partial charge is 0.462 e. The van der Waals surface area contributed by atoms with Crippen molar-refractivity contribution in [3.63, 3.8) is 0 Å². The van der Waals surface area contributed by atoms with Crippen LogP contribution in [0.2, 0.25) is 0 Å². The number of hydrogen-bond donors (Lipinski definition) is 4. The Kier molecular flexibility index (Phi) is 12.1. The molecule has 0 spiro atoms. The smallest absolute Gasteiger partial charge is 0.312 e. The van der Waals surface area contributed by atoms with Gasteiger partial charge in [0.15, 0.2) is 0 Å². The summed E-state index contributed by atoms with van der Waals surface area (Å²) in [5.74, 6) is 1.46. The van der Waals surface area contributed by atoms with Gasteiger partial charge in [-0.2, -0.15) is 0 Å². The SMILES string of the molecule is CC1(C)CC[C@]2(C(=O)OCCOC(=O)[C@]34CCC(C)(C)C[C@H]3C3=CC[C@@H]5[C@@]6(C)CC[C@H](O)[C@@](C)(CO)[C@@H]6CC[C@@]5(C)[C@]3(C)CC4)CC[C@]3(C)C(=CC[C@@H]4[C@@]5(C)CC[C@H](O)[C@@](C)(CO)[C@@H]5CC[C@]43C)[C@@H]2C1. The highest BCUT2D eigenvalue weighted by Crippen LogP contribution is 2.78. The summed E-state index contributed by atoms with van der Waals surface area (Å²) in [6, 6.07) is 0. The van der Waals surface area contributed by atoms with E-state index >= 15 is 0 Å². The van der Waals surface area contributed by atoms with Crippen molar-refractivity contribution in [3.05, 3.63) is 23.3 Å². The number of aliphatic hydroxyl groups is 4. The Balaban J connectivity index is 0.861. The molecule has 8 fully saturated rings. The summed E-state index contributed by atoms with van der Waals surface area (Å²) >= 11 is 0. The maximum atomic E-state index is 15.0. The van der Waals surface area contributed by atoms with E-state index in [1.165, 1.54) is 11.1 Å². The van der Waals surface area contributed by atoms with Gasteiger partial charge in [0.1, 0.15) is 13.2 Å². The van der Waals surface area contributed by atoms with Crippen molar-refractivity contribution in [2.45, 2.75) is 224 Å². The molecule has 394 valence electrons. The van der Waals surface area contributed by atoms with Crippen molar-refractivity contribution < 1.29 is 39.5 Å². The zero-order chi connectivity index (χ0) is 50.7. The van der Waals surface area contributed by atoms with Crippen LogP contribution in [0.3, 0.4) is 0 Å². The Bertz CT molecular complexity index is 2030. The van der Waals surface area contributed by atoms with Gasteiger partial charge in [-0.15, -0.1) is 0 Å². The van der Waals surface area contributed by atoms with Crippen LogP contribution in [0.4, 0.5) is 0 Å². The van der Waals surface area contributed by atoms with E-state index in [4.69, 9.17) is 9.47 Å². The van der Waals surface area contributed by atoms with Gasteiger partial charge in [-0.25, -0.2) is 0 Å². The van der Waals surface area contributed by atoms with Crippen LogP contribution >= 0.6 is 0 Å². The van der Waals surface area contributed by atoms with Crippen LogP contribution in [0, 0.1) is 100 Å². The predicted molar refractivity (Wildman–Crippen MR) is 275 cm³/mol. The zero-order valence-corrected chi connectivity index (χ0v) is 46.2. The Labute approximate surface area is 423 Å². The van der Waals surface area contributed by atoms with Crippen LogP contribution in [-0.4, -0.2) is 71.0 Å². The summed E-state index contributed by atoms with van der Waals surface area (Å²) in [5.41, 5.74) is 1.07. The summed E-state index contributed by atoms with van der Waals surface area (Å²) in [4.78, 5) is 29.9. The first-order valence-electron chi connectivity index (χ1n) is 28.9. The van der Waals surface area contributed by atoms with Crippen LogP contribution in [0.25, 0.3) is 0 Å². The molecule has 0 heterocycles. The number of carbonyl (C=O) groups is 2. The molecule has 0 radical (unpaired) electrons. The van der Waals surface area contributed by atoms with Crippen molar-refractivity contribution in [3.8, 4) is 0 Å². The topological polar surface area (TPSA) is 134 Å². The van der Waals surface area contributed by atoms with Crippen LogP contribution in [0.15, 0.2) is 23.3 Å². The molecule has 8 nitrogen and oxygen atoms in total. The monoisotopic (exact) mass is 971 g/mol. The van der Waals surface area contributed by atoms with Gasteiger partial charge in [-0.3, -0.25) is 9.59 Å². The average molecular weight is 971 g/mol. The molecule has 0 aromatic carbocycles. The van der Waals surface area contributed by atoms with Crippen molar-refractivity contribution in [2.24, 2.45) is 100 Å². The Morgan fingerprint density at radius 2 is 0.843 bits per heavy atom. The van der Waals surface area contributed by atoms with E-state index < -0.39 is 33.9 Å². The van der Waals surface area contributed by atoms with E-state index in [1.807, 2.05) is 0 Å². The summed E-state index contributed by atoms with van der Waals surface area (Å²) in [7, 11) is 0. The Hall–Kier alpha value is -1.74. The van der Waals surface area contributed by atoms with Crippen molar-refractivity contribution in [2.75, 3.05) is 26.4 Å². The third kappa shape index (κ3) is 6.70. The molecular formula is C62H98O8. The number of hydrogen-bond acceptors (Lipinski definition) is 8. The standard InChI is InChI=1S/C62H98O8/c1-51(2)25-29-61(31-27-57(9)39(41(61)35-51)13-15-45-53(5)21-19-47(65)55(7,37-63)43(53)17-23-59(45,57)11)49(67)69-33-34-70-50(68)62-30-26-52(3,4)36-42(62)40-14-16-46-54(6)22-20-48(66)56(8,38-64)44(54)18-24-60(46,12)58(40,10)28-32-62/h13-14,41-48,63-66H,15-38H2,1-12H3/t41-,42-,43+,44+,45+,46+,47-,48-,53-,54-,55-,56-,57+,58+,59+,60+,61-,62-/m0/s1. The van der Waals surface area contributed by atoms with Crippen LogP contribution in [0.5, 0.6) is 0 Å². The molecule has 0 amide bonds. The van der Waals surface area contributed by atoms with Gasteiger partial charge in [0.05, 0.1) is 36.3 Å². The van der Waals surface area contributed by atoms with Crippen LogP contribution in [-0.2, 0) is 19.1 Å². The van der Waals surface area contributed by atoms with E-state index in [-0.39, 0.29) is 105 Å². The molecule has 10 aliphatic rings. The lowest BCUT2D eigenvalue weighted by Crippen LogP contribution is -2.66. The number of aliphatic hydroxyl groups excluding tert-OH is 4. The number of ether oxygens (including phenoxy) is 2.